The summed E-state index contributed by atoms with van der Waals surface area (Å²) in [7, 11) is 0. The quantitative estimate of drug-likeness (QED) is 0.541. The summed E-state index contributed by atoms with van der Waals surface area (Å²) in [5.74, 6) is -2.50. The molecule has 2 aliphatic heterocycles. The molecule has 76 valence electrons. The Morgan fingerprint density at radius 3 is 2.62 bits per heavy atom. The number of nitrogens with one attached hydrogen (secondary N) is 1. The number of nitrogens with zero attached hydrogens (tertiary/aromatic N) is 1. The van der Waals surface area contributed by atoms with E-state index in [0.29, 0.717) is 0 Å². The molecule has 1 unspecified atom stereocenters. The number of hydrogen-bond donors (Lipinski definition) is 1. The van der Waals surface area contributed by atoms with Gasteiger partial charge < -0.3 is 5.32 Å². The molecular formula is C8H13F2IN2. The second-order valence-electron chi connectivity index (χ2n) is 4.23. The van der Waals surface area contributed by atoms with Gasteiger partial charge in [0.05, 0.1) is 6.54 Å². The van der Waals surface area contributed by atoms with Gasteiger partial charge in [-0.1, -0.05) is 0 Å². The maximum atomic E-state index is 13.1. The average Bonchev–Trinajstić information content (AvgIpc) is 2.29. The molecule has 2 saturated heterocycles. The van der Waals surface area contributed by atoms with E-state index in [0.717, 1.165) is 26.1 Å². The molecule has 2 aliphatic rings. The van der Waals surface area contributed by atoms with Crippen molar-refractivity contribution in [2.75, 3.05) is 26.2 Å². The van der Waals surface area contributed by atoms with Crippen LogP contribution in [-0.4, -0.2) is 35.2 Å². The molecular weight excluding hydrogens is 289 g/mol. The van der Waals surface area contributed by atoms with Crippen LogP contribution >= 0.6 is 22.9 Å². The zero-order valence-electron chi connectivity index (χ0n) is 7.32. The normalized spacial score (nSPS) is 39.9. The summed E-state index contributed by atoms with van der Waals surface area (Å²) in [4.78, 5) is 0. The van der Waals surface area contributed by atoms with Crippen LogP contribution in [0.5, 0.6) is 0 Å². The zero-order valence-corrected chi connectivity index (χ0v) is 9.48. The molecule has 0 aliphatic carbocycles. The smallest absolute Gasteiger partial charge is 0.260 e. The summed E-state index contributed by atoms with van der Waals surface area (Å²) in [5, 5.41) is 2.85. The number of rotatable bonds is 0. The molecule has 1 N–H and O–H groups in total. The highest BCUT2D eigenvalue weighted by molar-refractivity contribution is 14.1. The monoisotopic (exact) mass is 302 g/mol. The molecule has 0 aromatic rings. The van der Waals surface area contributed by atoms with Gasteiger partial charge in [-0.25, -0.2) is 11.9 Å². The molecule has 2 fully saturated rings. The van der Waals surface area contributed by atoms with Crippen molar-refractivity contribution < 1.29 is 8.78 Å². The Labute approximate surface area is 90.5 Å². The van der Waals surface area contributed by atoms with Crippen LogP contribution < -0.4 is 5.32 Å². The molecule has 0 saturated carbocycles. The standard InChI is InChI=1S/C8H13F2IN2/c9-8(10)3-7(4-12-5-8)1-2-13(11)6-7/h12H,1-6H2. The minimum Gasteiger partial charge on any atom is -0.311 e. The molecule has 2 nitrogen and oxygen atoms in total. The SMILES string of the molecule is FC1(F)CNCC2(CCN(I)C2)C1. The first-order chi connectivity index (χ1) is 6.02. The predicted molar refractivity (Wildman–Crippen MR) is 55.1 cm³/mol. The Balaban J connectivity index is 2.07. The molecule has 0 radical (unpaired) electrons. The van der Waals surface area contributed by atoms with Crippen molar-refractivity contribution in [3.8, 4) is 0 Å². The summed E-state index contributed by atoms with van der Waals surface area (Å²) in [6.07, 6.45) is 0.963. The third kappa shape index (κ3) is 2.12. The lowest BCUT2D eigenvalue weighted by atomic mass is 9.78. The minimum absolute atomic E-state index is 0.0620. The Morgan fingerprint density at radius 2 is 2.08 bits per heavy atom. The van der Waals surface area contributed by atoms with Gasteiger partial charge in [-0.2, -0.15) is 0 Å². The minimum atomic E-state index is -2.50. The lowest BCUT2D eigenvalue weighted by molar-refractivity contribution is -0.0644. The Kier molecular flexibility index (Phi) is 2.53. The summed E-state index contributed by atoms with van der Waals surface area (Å²) in [6, 6.07) is 0. The summed E-state index contributed by atoms with van der Waals surface area (Å²) in [5.41, 5.74) is -0.164. The fourth-order valence-corrected chi connectivity index (χ4v) is 3.32. The van der Waals surface area contributed by atoms with Gasteiger partial charge in [-0.15, -0.1) is 0 Å². The van der Waals surface area contributed by atoms with Gasteiger partial charge in [0.15, 0.2) is 0 Å². The number of halogens is 3. The van der Waals surface area contributed by atoms with Gasteiger partial charge in [0.2, 0.25) is 0 Å². The topological polar surface area (TPSA) is 15.3 Å². The van der Waals surface area contributed by atoms with Crippen molar-refractivity contribution in [2.45, 2.75) is 18.8 Å². The van der Waals surface area contributed by atoms with Crippen molar-refractivity contribution in [2.24, 2.45) is 5.41 Å². The number of alkyl halides is 2. The molecule has 2 rings (SSSR count). The van der Waals surface area contributed by atoms with E-state index in [1.54, 1.807) is 0 Å². The van der Waals surface area contributed by atoms with Crippen LogP contribution in [0.3, 0.4) is 0 Å². The molecule has 0 aromatic carbocycles. The largest absolute Gasteiger partial charge is 0.311 e. The van der Waals surface area contributed by atoms with Crippen LogP contribution in [0.25, 0.3) is 0 Å². The van der Waals surface area contributed by atoms with Crippen molar-refractivity contribution in [3.05, 3.63) is 0 Å². The predicted octanol–water partition coefficient (Wildman–Crippen LogP) is 1.66. The Bertz CT molecular complexity index is 208. The molecule has 2 heterocycles. The van der Waals surface area contributed by atoms with Crippen molar-refractivity contribution in [1.29, 1.82) is 0 Å². The van der Waals surface area contributed by atoms with E-state index in [9.17, 15) is 8.78 Å². The Hall–Kier alpha value is 0.510. The van der Waals surface area contributed by atoms with E-state index in [2.05, 4.69) is 31.3 Å². The molecule has 0 bridgehead atoms. The van der Waals surface area contributed by atoms with E-state index in [4.69, 9.17) is 0 Å². The Morgan fingerprint density at radius 1 is 1.31 bits per heavy atom. The summed E-state index contributed by atoms with van der Waals surface area (Å²) >= 11 is 2.22. The van der Waals surface area contributed by atoms with Gasteiger partial charge in [-0.05, 0) is 6.42 Å². The lowest BCUT2D eigenvalue weighted by Crippen LogP contribution is -2.51. The van der Waals surface area contributed by atoms with Crippen molar-refractivity contribution in [3.63, 3.8) is 0 Å². The first-order valence-electron chi connectivity index (χ1n) is 4.51. The van der Waals surface area contributed by atoms with Crippen molar-refractivity contribution in [1.82, 2.24) is 8.43 Å². The highest BCUT2D eigenvalue weighted by Gasteiger charge is 2.48. The second kappa shape index (κ2) is 3.27. The molecule has 5 heteroatoms. The third-order valence-corrected chi connectivity index (χ3v) is 3.73. The summed E-state index contributed by atoms with van der Waals surface area (Å²) < 4.78 is 28.4. The molecule has 0 aromatic heterocycles. The highest BCUT2D eigenvalue weighted by Crippen LogP contribution is 2.42. The number of piperidine rings is 1. The second-order valence-corrected chi connectivity index (χ2v) is 5.60. The zero-order chi connectivity index (χ0) is 9.53. The van der Waals surface area contributed by atoms with Gasteiger partial charge in [-0.3, -0.25) is 0 Å². The first kappa shape index (κ1) is 10.0. The van der Waals surface area contributed by atoms with Gasteiger partial charge in [0.25, 0.3) is 5.92 Å². The maximum Gasteiger partial charge on any atom is 0.260 e. The van der Waals surface area contributed by atoms with Gasteiger partial charge >= 0.3 is 0 Å². The van der Waals surface area contributed by atoms with Crippen LogP contribution in [0.4, 0.5) is 8.78 Å². The fraction of sp³-hybridized carbons (Fsp3) is 1.00. The summed E-state index contributed by atoms with van der Waals surface area (Å²) in [6.45, 7) is 2.35. The van der Waals surface area contributed by atoms with E-state index >= 15 is 0 Å². The van der Waals surface area contributed by atoms with Crippen LogP contribution in [0.1, 0.15) is 12.8 Å². The molecule has 0 amide bonds. The molecule has 13 heavy (non-hydrogen) atoms. The first-order valence-corrected chi connectivity index (χ1v) is 5.47. The molecule has 1 atom stereocenters. The third-order valence-electron chi connectivity index (χ3n) is 2.91. The fourth-order valence-electron chi connectivity index (χ4n) is 2.35. The van der Waals surface area contributed by atoms with Crippen molar-refractivity contribution >= 4 is 22.9 Å². The highest BCUT2D eigenvalue weighted by atomic mass is 127. The van der Waals surface area contributed by atoms with E-state index < -0.39 is 5.92 Å². The van der Waals surface area contributed by atoms with Gasteiger partial charge in [0, 0.05) is 54.3 Å². The van der Waals surface area contributed by atoms with E-state index in [1.807, 2.05) is 0 Å². The van der Waals surface area contributed by atoms with E-state index in [-0.39, 0.29) is 18.4 Å². The number of hydrogen-bond acceptors (Lipinski definition) is 2. The van der Waals surface area contributed by atoms with Crippen LogP contribution in [-0.2, 0) is 0 Å². The maximum absolute atomic E-state index is 13.1. The average molecular weight is 302 g/mol. The molecule has 1 spiro atoms. The lowest BCUT2D eigenvalue weighted by Gasteiger charge is -2.38. The van der Waals surface area contributed by atoms with Crippen LogP contribution in [0, 0.1) is 5.41 Å². The van der Waals surface area contributed by atoms with Gasteiger partial charge in [0.1, 0.15) is 0 Å². The van der Waals surface area contributed by atoms with Crippen LogP contribution in [0.2, 0.25) is 0 Å². The van der Waals surface area contributed by atoms with Crippen LogP contribution in [0.15, 0.2) is 0 Å². The van der Waals surface area contributed by atoms with E-state index in [1.165, 1.54) is 0 Å².